The van der Waals surface area contributed by atoms with E-state index < -0.39 is 0 Å². The number of thioether (sulfide) groups is 1. The average molecular weight is 452 g/mol. The molecule has 5 nitrogen and oxygen atoms in total. The van der Waals surface area contributed by atoms with E-state index in [-0.39, 0.29) is 5.91 Å². The molecule has 3 aromatic rings. The zero-order valence-electron chi connectivity index (χ0n) is 17.5. The molecule has 1 N–H and O–H groups in total. The van der Waals surface area contributed by atoms with Gasteiger partial charge in [-0.3, -0.25) is 4.79 Å². The zero-order valence-corrected chi connectivity index (χ0v) is 19.1. The third-order valence-corrected chi connectivity index (χ3v) is 6.00. The van der Waals surface area contributed by atoms with Crippen LogP contribution in [0, 0.1) is 13.8 Å². The van der Waals surface area contributed by atoms with Crippen molar-refractivity contribution in [1.29, 1.82) is 0 Å². The average Bonchev–Trinajstić information content (AvgIpc) is 3.21. The van der Waals surface area contributed by atoms with Gasteiger partial charge in [0.15, 0.2) is 5.17 Å². The van der Waals surface area contributed by atoms with Gasteiger partial charge in [-0.15, -0.1) is 0 Å². The Morgan fingerprint density at radius 2 is 1.94 bits per heavy atom. The van der Waals surface area contributed by atoms with E-state index in [9.17, 15) is 4.79 Å². The Morgan fingerprint density at radius 3 is 2.65 bits per heavy atom. The predicted octanol–water partition coefficient (Wildman–Crippen LogP) is 6.04. The van der Waals surface area contributed by atoms with Gasteiger partial charge in [-0.2, -0.15) is 0 Å². The minimum atomic E-state index is -0.156. The van der Waals surface area contributed by atoms with Crippen LogP contribution in [0.4, 0.5) is 5.69 Å². The number of halogens is 1. The van der Waals surface area contributed by atoms with Crippen LogP contribution in [-0.4, -0.2) is 22.2 Å². The van der Waals surface area contributed by atoms with Gasteiger partial charge in [-0.25, -0.2) is 4.99 Å². The molecule has 1 aliphatic heterocycles. The highest BCUT2D eigenvalue weighted by molar-refractivity contribution is 8.18. The second-order valence-corrected chi connectivity index (χ2v) is 8.52. The molecule has 0 radical (unpaired) electrons. The van der Waals surface area contributed by atoms with Crippen molar-refractivity contribution in [3.8, 4) is 11.4 Å². The molecule has 7 heteroatoms. The first-order chi connectivity index (χ1) is 14.9. The number of amidine groups is 1. The normalized spacial score (nSPS) is 16.2. The van der Waals surface area contributed by atoms with E-state index in [1.54, 1.807) is 12.1 Å². The number of nitrogens with zero attached hydrogens (tertiary/aromatic N) is 2. The summed E-state index contributed by atoms with van der Waals surface area (Å²) >= 11 is 7.34. The van der Waals surface area contributed by atoms with Gasteiger partial charge in [0, 0.05) is 22.1 Å². The maximum atomic E-state index is 12.5. The Kier molecular flexibility index (Phi) is 6.20. The van der Waals surface area contributed by atoms with Crippen LogP contribution in [0.1, 0.15) is 23.9 Å². The largest absolute Gasteiger partial charge is 0.494 e. The van der Waals surface area contributed by atoms with Gasteiger partial charge in [0.1, 0.15) is 5.75 Å². The Bertz CT molecular complexity index is 1200. The smallest absolute Gasteiger partial charge is 0.264 e. The minimum Gasteiger partial charge on any atom is -0.494 e. The van der Waals surface area contributed by atoms with Crippen molar-refractivity contribution in [2.45, 2.75) is 20.8 Å². The fourth-order valence-corrected chi connectivity index (χ4v) is 4.49. The highest BCUT2D eigenvalue weighted by Gasteiger charge is 2.24. The molecule has 31 heavy (non-hydrogen) atoms. The summed E-state index contributed by atoms with van der Waals surface area (Å²) in [6.07, 6.45) is 1.91. The molecule has 1 saturated heterocycles. The zero-order chi connectivity index (χ0) is 22.0. The Balaban J connectivity index is 1.60. The molecule has 0 atom stereocenters. The third kappa shape index (κ3) is 4.70. The molecular formula is C24H22ClN3O2S. The summed E-state index contributed by atoms with van der Waals surface area (Å²) in [7, 11) is 0. The molecule has 1 fully saturated rings. The summed E-state index contributed by atoms with van der Waals surface area (Å²) in [5.41, 5.74) is 4.89. The first-order valence-corrected chi connectivity index (χ1v) is 11.1. The van der Waals surface area contributed by atoms with Gasteiger partial charge in [0.25, 0.3) is 5.91 Å². The van der Waals surface area contributed by atoms with Crippen molar-refractivity contribution >= 4 is 46.2 Å². The van der Waals surface area contributed by atoms with E-state index in [1.807, 2.05) is 56.3 Å². The van der Waals surface area contributed by atoms with Gasteiger partial charge >= 0.3 is 0 Å². The summed E-state index contributed by atoms with van der Waals surface area (Å²) in [5, 5.41) is 3.97. The SMILES string of the molecule is CCOc1ccc(-n2c(C)cc(/C=C3\SC(=Nc4cccc(Cl)c4)NC3=O)c2C)cc1. The second-order valence-electron chi connectivity index (χ2n) is 7.05. The highest BCUT2D eigenvalue weighted by atomic mass is 35.5. The number of amides is 1. The summed E-state index contributed by atoms with van der Waals surface area (Å²) in [6.45, 7) is 6.71. The lowest BCUT2D eigenvalue weighted by molar-refractivity contribution is -0.115. The maximum absolute atomic E-state index is 12.5. The van der Waals surface area contributed by atoms with Gasteiger partial charge < -0.3 is 14.6 Å². The quantitative estimate of drug-likeness (QED) is 0.481. The van der Waals surface area contributed by atoms with Crippen molar-refractivity contribution in [1.82, 2.24) is 9.88 Å². The highest BCUT2D eigenvalue weighted by Crippen LogP contribution is 2.31. The fraction of sp³-hybridized carbons (Fsp3) is 0.167. The van der Waals surface area contributed by atoms with Crippen LogP contribution in [0.25, 0.3) is 11.8 Å². The standard InChI is InChI=1S/C24H22ClN3O2S/c1-4-30-21-10-8-20(9-11-21)28-15(2)12-17(16(28)3)13-22-23(29)27-24(31-22)26-19-7-5-6-18(25)14-19/h5-14H,4H2,1-3H3,(H,26,27,29)/b22-13-. The topological polar surface area (TPSA) is 55.6 Å². The molecule has 158 valence electrons. The Labute approximate surface area is 190 Å². The molecule has 1 aliphatic rings. The van der Waals surface area contributed by atoms with E-state index >= 15 is 0 Å². The molecule has 0 saturated carbocycles. The van der Waals surface area contributed by atoms with Crippen molar-refractivity contribution in [2.75, 3.05) is 6.61 Å². The van der Waals surface area contributed by atoms with Crippen LogP contribution in [0.5, 0.6) is 5.75 Å². The Hall–Kier alpha value is -2.96. The molecule has 1 aromatic heterocycles. The lowest BCUT2D eigenvalue weighted by Crippen LogP contribution is -2.19. The van der Waals surface area contributed by atoms with Crippen molar-refractivity contribution in [2.24, 2.45) is 4.99 Å². The molecule has 4 rings (SSSR count). The van der Waals surface area contributed by atoms with Crippen molar-refractivity contribution in [3.05, 3.63) is 81.5 Å². The second kappa shape index (κ2) is 9.04. The van der Waals surface area contributed by atoms with E-state index in [1.165, 1.54) is 11.8 Å². The minimum absolute atomic E-state index is 0.156. The number of aromatic nitrogens is 1. The summed E-state index contributed by atoms with van der Waals surface area (Å²) in [6, 6.07) is 17.3. The molecule has 0 unspecified atom stereocenters. The number of ether oxygens (including phenoxy) is 1. The lowest BCUT2D eigenvalue weighted by Gasteiger charge is -2.11. The van der Waals surface area contributed by atoms with E-state index in [0.717, 1.165) is 28.4 Å². The summed E-state index contributed by atoms with van der Waals surface area (Å²) < 4.78 is 7.70. The number of hydrogen-bond acceptors (Lipinski definition) is 4. The van der Waals surface area contributed by atoms with Gasteiger partial charge in [-0.05, 0) is 92.7 Å². The van der Waals surface area contributed by atoms with Crippen LogP contribution >= 0.6 is 23.4 Å². The van der Waals surface area contributed by atoms with Crippen LogP contribution in [0.2, 0.25) is 5.02 Å². The molecule has 0 aliphatic carbocycles. The molecule has 1 amide bonds. The first-order valence-electron chi connectivity index (χ1n) is 9.92. The first kappa shape index (κ1) is 21.3. The summed E-state index contributed by atoms with van der Waals surface area (Å²) in [4.78, 5) is 17.6. The molecule has 2 heterocycles. The monoisotopic (exact) mass is 451 g/mol. The van der Waals surface area contributed by atoms with Crippen molar-refractivity contribution < 1.29 is 9.53 Å². The molecule has 0 bridgehead atoms. The fourth-order valence-electron chi connectivity index (χ4n) is 3.47. The number of nitrogens with one attached hydrogen (secondary N) is 1. The van der Waals surface area contributed by atoms with Crippen molar-refractivity contribution in [3.63, 3.8) is 0 Å². The maximum Gasteiger partial charge on any atom is 0.264 e. The number of aliphatic imine (C=N–C) groups is 1. The number of aryl methyl sites for hydroxylation is 1. The molecular weight excluding hydrogens is 430 g/mol. The third-order valence-electron chi connectivity index (χ3n) is 4.85. The predicted molar refractivity (Wildman–Crippen MR) is 129 cm³/mol. The van der Waals surface area contributed by atoms with Gasteiger partial charge in [0.2, 0.25) is 0 Å². The van der Waals surface area contributed by atoms with E-state index in [2.05, 4.69) is 27.9 Å². The number of hydrogen-bond donors (Lipinski definition) is 1. The lowest BCUT2D eigenvalue weighted by atomic mass is 10.2. The number of carbonyl (C=O) groups is 1. The van der Waals surface area contributed by atoms with E-state index in [4.69, 9.17) is 16.3 Å². The van der Waals surface area contributed by atoms with E-state index in [0.29, 0.717) is 27.4 Å². The van der Waals surface area contributed by atoms with Crippen LogP contribution in [0.15, 0.2) is 64.5 Å². The van der Waals surface area contributed by atoms with Gasteiger partial charge in [0.05, 0.1) is 17.2 Å². The molecule has 0 spiro atoms. The summed E-state index contributed by atoms with van der Waals surface area (Å²) in [5.74, 6) is 0.693. The van der Waals surface area contributed by atoms with Crippen LogP contribution < -0.4 is 10.1 Å². The number of benzene rings is 2. The van der Waals surface area contributed by atoms with Crippen LogP contribution in [0.3, 0.4) is 0 Å². The molecule has 2 aromatic carbocycles. The Morgan fingerprint density at radius 1 is 1.16 bits per heavy atom. The number of rotatable bonds is 5. The van der Waals surface area contributed by atoms with Gasteiger partial charge in [-0.1, -0.05) is 17.7 Å². The van der Waals surface area contributed by atoms with Crippen LogP contribution in [-0.2, 0) is 4.79 Å². The number of carbonyl (C=O) groups excluding carboxylic acids is 1.